The van der Waals surface area contributed by atoms with E-state index in [2.05, 4.69) is 5.32 Å². The molecule has 0 spiro atoms. The van der Waals surface area contributed by atoms with Crippen LogP contribution in [0, 0.1) is 0 Å². The van der Waals surface area contributed by atoms with Gasteiger partial charge in [-0.15, -0.1) is 0 Å². The highest BCUT2D eigenvalue weighted by atomic mass is 32.2. The minimum atomic E-state index is -3.47. The van der Waals surface area contributed by atoms with Crippen LogP contribution in [0.2, 0.25) is 0 Å². The third-order valence-electron chi connectivity index (χ3n) is 2.51. The first-order chi connectivity index (χ1) is 7.89. The molecule has 6 nitrogen and oxygen atoms in total. The van der Waals surface area contributed by atoms with Crippen LogP contribution in [0.1, 0.15) is 26.7 Å². The molecule has 0 heterocycles. The van der Waals surface area contributed by atoms with Crippen molar-refractivity contribution in [2.75, 3.05) is 26.7 Å². The maximum absolute atomic E-state index is 12.0. The van der Waals surface area contributed by atoms with E-state index < -0.39 is 15.3 Å². The van der Waals surface area contributed by atoms with E-state index in [9.17, 15) is 13.2 Å². The molecular weight excluding hydrogens is 242 g/mol. The van der Waals surface area contributed by atoms with Gasteiger partial charge in [0.2, 0.25) is 15.9 Å². The molecule has 0 aromatic carbocycles. The van der Waals surface area contributed by atoms with Gasteiger partial charge in [-0.05, 0) is 12.8 Å². The first-order valence-electron chi connectivity index (χ1n) is 5.82. The van der Waals surface area contributed by atoms with Crippen LogP contribution in [0.5, 0.6) is 0 Å². The second kappa shape index (κ2) is 7.62. The van der Waals surface area contributed by atoms with Crippen molar-refractivity contribution in [3.63, 3.8) is 0 Å². The van der Waals surface area contributed by atoms with Gasteiger partial charge >= 0.3 is 0 Å². The Labute approximate surface area is 104 Å². The zero-order valence-electron chi connectivity index (χ0n) is 10.8. The maximum Gasteiger partial charge on any atom is 0.235 e. The molecular formula is C10H23N3O3S. The van der Waals surface area contributed by atoms with Crippen LogP contribution in [-0.2, 0) is 14.8 Å². The number of carbonyl (C=O) groups excluding carboxylic acids is 1. The molecule has 1 amide bonds. The fourth-order valence-electron chi connectivity index (χ4n) is 1.37. The van der Waals surface area contributed by atoms with Crippen molar-refractivity contribution in [2.24, 2.45) is 5.73 Å². The topological polar surface area (TPSA) is 92.5 Å². The summed E-state index contributed by atoms with van der Waals surface area (Å²) in [6, 6.07) is 0. The standard InChI is InChI=1S/C10H23N3O3S/c1-4-6-12-10(14)8-13(3)17(15,16)9(5-2)7-11/h9H,4-8,11H2,1-3H3,(H,12,14). The van der Waals surface area contributed by atoms with E-state index in [1.54, 1.807) is 6.92 Å². The third-order valence-corrected chi connectivity index (χ3v) is 4.88. The number of hydrogen-bond donors (Lipinski definition) is 2. The Morgan fingerprint density at radius 3 is 2.41 bits per heavy atom. The fourth-order valence-corrected chi connectivity index (χ4v) is 2.84. The number of nitrogens with two attached hydrogens (primary N) is 1. The average molecular weight is 265 g/mol. The van der Waals surface area contributed by atoms with Gasteiger partial charge in [-0.1, -0.05) is 13.8 Å². The highest BCUT2D eigenvalue weighted by molar-refractivity contribution is 7.89. The molecule has 0 aromatic rings. The molecule has 17 heavy (non-hydrogen) atoms. The lowest BCUT2D eigenvalue weighted by atomic mass is 10.3. The van der Waals surface area contributed by atoms with Gasteiger partial charge in [-0.2, -0.15) is 4.31 Å². The Bertz CT molecular complexity index is 326. The number of rotatable bonds is 8. The highest BCUT2D eigenvalue weighted by Crippen LogP contribution is 2.09. The van der Waals surface area contributed by atoms with Gasteiger partial charge in [0.15, 0.2) is 0 Å². The van der Waals surface area contributed by atoms with E-state index in [0.29, 0.717) is 13.0 Å². The van der Waals surface area contributed by atoms with Crippen LogP contribution >= 0.6 is 0 Å². The lowest BCUT2D eigenvalue weighted by molar-refractivity contribution is -0.121. The summed E-state index contributed by atoms with van der Waals surface area (Å²) in [6.07, 6.45) is 1.27. The molecule has 0 saturated carbocycles. The molecule has 1 atom stereocenters. The highest BCUT2D eigenvalue weighted by Gasteiger charge is 2.28. The maximum atomic E-state index is 12.0. The van der Waals surface area contributed by atoms with Gasteiger partial charge in [-0.25, -0.2) is 8.42 Å². The van der Waals surface area contributed by atoms with E-state index in [-0.39, 0.29) is 19.0 Å². The number of nitrogens with zero attached hydrogens (tertiary/aromatic N) is 1. The van der Waals surface area contributed by atoms with Gasteiger partial charge < -0.3 is 11.1 Å². The number of sulfonamides is 1. The second-order valence-electron chi connectivity index (χ2n) is 3.92. The molecule has 0 aliphatic heterocycles. The largest absolute Gasteiger partial charge is 0.355 e. The Balaban J connectivity index is 4.48. The monoisotopic (exact) mass is 265 g/mol. The summed E-state index contributed by atoms with van der Waals surface area (Å²) in [6.45, 7) is 4.17. The van der Waals surface area contributed by atoms with Crippen molar-refractivity contribution < 1.29 is 13.2 Å². The molecule has 1 unspecified atom stereocenters. The molecule has 0 rings (SSSR count). The van der Waals surface area contributed by atoms with Gasteiger partial charge in [0, 0.05) is 20.1 Å². The summed E-state index contributed by atoms with van der Waals surface area (Å²) in [5.41, 5.74) is 5.41. The van der Waals surface area contributed by atoms with Crippen LogP contribution < -0.4 is 11.1 Å². The zero-order chi connectivity index (χ0) is 13.5. The van der Waals surface area contributed by atoms with E-state index in [0.717, 1.165) is 10.7 Å². The second-order valence-corrected chi connectivity index (χ2v) is 6.24. The molecule has 3 N–H and O–H groups in total. The van der Waals surface area contributed by atoms with Crippen molar-refractivity contribution >= 4 is 15.9 Å². The lowest BCUT2D eigenvalue weighted by Crippen LogP contribution is -2.44. The quantitative estimate of drug-likeness (QED) is 0.619. The minimum Gasteiger partial charge on any atom is -0.355 e. The summed E-state index contributed by atoms with van der Waals surface area (Å²) in [5, 5.41) is 2.01. The predicted molar refractivity (Wildman–Crippen MR) is 68.0 cm³/mol. The minimum absolute atomic E-state index is 0.0692. The SMILES string of the molecule is CCCNC(=O)CN(C)S(=O)(=O)C(CC)CN. The summed E-state index contributed by atoms with van der Waals surface area (Å²) in [7, 11) is -2.07. The first-order valence-corrected chi connectivity index (χ1v) is 7.32. The first kappa shape index (κ1) is 16.3. The lowest BCUT2D eigenvalue weighted by Gasteiger charge is -2.22. The fraction of sp³-hybridized carbons (Fsp3) is 0.900. The Kier molecular flexibility index (Phi) is 7.33. The Morgan fingerprint density at radius 2 is 2.00 bits per heavy atom. The van der Waals surface area contributed by atoms with Crippen LogP contribution in [0.3, 0.4) is 0 Å². The number of likely N-dealkylation sites (N-methyl/N-ethyl adjacent to an activating group) is 1. The molecule has 102 valence electrons. The van der Waals surface area contributed by atoms with Crippen molar-refractivity contribution in [2.45, 2.75) is 31.9 Å². The summed E-state index contributed by atoms with van der Waals surface area (Å²) < 4.78 is 25.0. The summed E-state index contributed by atoms with van der Waals surface area (Å²) >= 11 is 0. The number of hydrogen-bond acceptors (Lipinski definition) is 4. The molecule has 0 saturated heterocycles. The van der Waals surface area contributed by atoms with E-state index in [1.165, 1.54) is 7.05 Å². The van der Waals surface area contributed by atoms with Crippen LogP contribution in [0.25, 0.3) is 0 Å². The Hall–Kier alpha value is -0.660. The van der Waals surface area contributed by atoms with Crippen LogP contribution in [0.4, 0.5) is 0 Å². The van der Waals surface area contributed by atoms with Gasteiger partial charge in [0.25, 0.3) is 0 Å². The molecule has 7 heteroatoms. The van der Waals surface area contributed by atoms with Crippen molar-refractivity contribution in [1.82, 2.24) is 9.62 Å². The predicted octanol–water partition coefficient (Wildman–Crippen LogP) is -0.488. The smallest absolute Gasteiger partial charge is 0.235 e. The van der Waals surface area contributed by atoms with Crippen molar-refractivity contribution in [3.05, 3.63) is 0 Å². The number of amides is 1. The molecule has 0 aromatic heterocycles. The molecule has 0 aliphatic carbocycles. The Morgan fingerprint density at radius 1 is 1.41 bits per heavy atom. The van der Waals surface area contributed by atoms with E-state index >= 15 is 0 Å². The van der Waals surface area contributed by atoms with Gasteiger partial charge in [0.1, 0.15) is 0 Å². The normalized spacial score (nSPS) is 13.7. The van der Waals surface area contributed by atoms with Gasteiger partial charge in [-0.3, -0.25) is 4.79 Å². The zero-order valence-corrected chi connectivity index (χ0v) is 11.6. The van der Waals surface area contributed by atoms with Crippen molar-refractivity contribution in [1.29, 1.82) is 0 Å². The summed E-state index contributed by atoms with van der Waals surface area (Å²) in [4.78, 5) is 11.4. The van der Waals surface area contributed by atoms with Crippen molar-refractivity contribution in [3.8, 4) is 0 Å². The average Bonchev–Trinajstić information content (AvgIpc) is 2.27. The molecule has 0 radical (unpaired) electrons. The third kappa shape index (κ3) is 5.01. The number of carbonyl (C=O) groups is 1. The molecule has 0 fully saturated rings. The summed E-state index contributed by atoms with van der Waals surface area (Å²) in [5.74, 6) is -0.287. The molecule has 0 aliphatic rings. The van der Waals surface area contributed by atoms with Crippen LogP contribution in [-0.4, -0.2) is 50.6 Å². The number of nitrogens with one attached hydrogen (secondary N) is 1. The van der Waals surface area contributed by atoms with Gasteiger partial charge in [0.05, 0.1) is 11.8 Å². The van der Waals surface area contributed by atoms with E-state index in [1.807, 2.05) is 6.92 Å². The van der Waals surface area contributed by atoms with E-state index in [4.69, 9.17) is 5.73 Å². The van der Waals surface area contributed by atoms with Crippen LogP contribution in [0.15, 0.2) is 0 Å². The molecule has 0 bridgehead atoms.